The second kappa shape index (κ2) is 13.5. The molecule has 1 heterocycles. The van der Waals surface area contributed by atoms with Crippen molar-refractivity contribution >= 4 is 23.6 Å². The highest BCUT2D eigenvalue weighted by molar-refractivity contribution is 6.03. The SMILES string of the molecule is CCNCC(O)C(NC(=NC)NC(=O)OC(C)(C)C)c1cc(NC(=O)c2ccc(OC)cn2)ccc1F. The zero-order valence-electron chi connectivity index (χ0n) is 21.9. The first-order valence-electron chi connectivity index (χ1n) is 11.7. The molecule has 2 atom stereocenters. The van der Waals surface area contributed by atoms with E-state index >= 15 is 4.39 Å². The topological polar surface area (TPSA) is 146 Å². The van der Waals surface area contributed by atoms with Gasteiger partial charge in [-0.25, -0.2) is 14.2 Å². The largest absolute Gasteiger partial charge is 0.495 e. The average molecular weight is 519 g/mol. The first-order valence-corrected chi connectivity index (χ1v) is 11.7. The minimum absolute atomic E-state index is 0.0360. The molecule has 0 aliphatic carbocycles. The lowest BCUT2D eigenvalue weighted by molar-refractivity contribution is 0.0558. The van der Waals surface area contributed by atoms with Gasteiger partial charge in [0.25, 0.3) is 5.91 Å². The zero-order chi connectivity index (χ0) is 27.6. The van der Waals surface area contributed by atoms with E-state index in [1.165, 1.54) is 44.6 Å². The zero-order valence-corrected chi connectivity index (χ0v) is 21.9. The van der Waals surface area contributed by atoms with Crippen molar-refractivity contribution in [3.05, 3.63) is 53.6 Å². The second-order valence-corrected chi connectivity index (χ2v) is 8.97. The number of rotatable bonds is 9. The summed E-state index contributed by atoms with van der Waals surface area (Å²) >= 11 is 0. The van der Waals surface area contributed by atoms with E-state index in [-0.39, 0.29) is 29.4 Å². The predicted octanol–water partition coefficient (Wildman–Crippen LogP) is 2.59. The molecule has 2 rings (SSSR count). The van der Waals surface area contributed by atoms with Gasteiger partial charge in [0.15, 0.2) is 0 Å². The van der Waals surface area contributed by atoms with Crippen LogP contribution < -0.4 is 26.0 Å². The molecule has 2 amide bonds. The van der Waals surface area contributed by atoms with E-state index < -0.39 is 35.6 Å². The van der Waals surface area contributed by atoms with Gasteiger partial charge >= 0.3 is 6.09 Å². The van der Waals surface area contributed by atoms with Gasteiger partial charge in [-0.05, 0) is 57.6 Å². The predicted molar refractivity (Wildman–Crippen MR) is 138 cm³/mol. The first-order chi connectivity index (χ1) is 17.5. The number of alkyl carbamates (subject to hydrolysis) is 1. The highest BCUT2D eigenvalue weighted by Gasteiger charge is 2.27. The number of aliphatic hydroxyl groups is 1. The Bertz CT molecular complexity index is 1090. The van der Waals surface area contributed by atoms with Crippen molar-refractivity contribution in [2.24, 2.45) is 4.99 Å². The summed E-state index contributed by atoms with van der Waals surface area (Å²) in [5.41, 5.74) is -0.297. The van der Waals surface area contributed by atoms with Gasteiger partial charge in [-0.2, -0.15) is 0 Å². The van der Waals surface area contributed by atoms with Crippen LogP contribution in [0.25, 0.3) is 0 Å². The van der Waals surface area contributed by atoms with Crippen LogP contribution >= 0.6 is 0 Å². The Morgan fingerprint density at radius 2 is 1.95 bits per heavy atom. The number of carbonyl (C=O) groups excluding carboxylic acids is 2. The number of carbonyl (C=O) groups is 2. The highest BCUT2D eigenvalue weighted by atomic mass is 19.1. The number of aromatic nitrogens is 1. The number of aliphatic hydroxyl groups excluding tert-OH is 1. The van der Waals surface area contributed by atoms with Crippen LogP contribution in [0.1, 0.15) is 49.8 Å². The van der Waals surface area contributed by atoms with Crippen LogP contribution in [0.3, 0.4) is 0 Å². The van der Waals surface area contributed by atoms with E-state index in [9.17, 15) is 14.7 Å². The van der Waals surface area contributed by atoms with Crippen molar-refractivity contribution in [3.63, 3.8) is 0 Å². The van der Waals surface area contributed by atoms with Crippen molar-refractivity contribution in [2.45, 2.75) is 45.4 Å². The number of aliphatic imine (C=N–C) groups is 1. The van der Waals surface area contributed by atoms with Crippen LogP contribution in [0.15, 0.2) is 41.5 Å². The maximum atomic E-state index is 15.0. The Kier molecular flexibility index (Phi) is 10.8. The van der Waals surface area contributed by atoms with Gasteiger partial charge in [-0.1, -0.05) is 6.92 Å². The van der Waals surface area contributed by atoms with Crippen LogP contribution in [0, 0.1) is 5.82 Å². The molecule has 202 valence electrons. The van der Waals surface area contributed by atoms with E-state index in [0.717, 1.165) is 0 Å². The Hall–Kier alpha value is -3.77. The van der Waals surface area contributed by atoms with Crippen molar-refractivity contribution in [1.29, 1.82) is 0 Å². The Balaban J connectivity index is 2.31. The number of anilines is 1. The van der Waals surface area contributed by atoms with E-state index in [1.54, 1.807) is 26.8 Å². The standard InChI is InChI=1S/C25H35FN6O5/c1-7-28-14-20(33)21(31-23(27-5)32-24(35)37-25(2,3)4)17-12-15(8-10-18(17)26)30-22(34)19-11-9-16(36-6)13-29-19/h8-13,20-21,28,33H,7,14H2,1-6H3,(H,30,34)(H2,27,31,32,35). The molecule has 0 aliphatic heterocycles. The van der Waals surface area contributed by atoms with Gasteiger partial charge in [0.1, 0.15) is 22.9 Å². The molecule has 0 saturated heterocycles. The quantitative estimate of drug-likeness (QED) is 0.252. The van der Waals surface area contributed by atoms with Crippen molar-refractivity contribution in [1.82, 2.24) is 20.9 Å². The van der Waals surface area contributed by atoms with Gasteiger partial charge < -0.3 is 30.5 Å². The fourth-order valence-corrected chi connectivity index (χ4v) is 3.19. The molecule has 0 saturated carbocycles. The van der Waals surface area contributed by atoms with E-state index in [4.69, 9.17) is 9.47 Å². The molecule has 0 fully saturated rings. The monoisotopic (exact) mass is 518 g/mol. The normalized spacial score (nSPS) is 13.4. The Labute approximate surface area is 215 Å². The third kappa shape index (κ3) is 9.32. The fraction of sp³-hybridized carbons (Fsp3) is 0.440. The van der Waals surface area contributed by atoms with Crippen molar-refractivity contribution < 1.29 is 28.6 Å². The number of guanidine groups is 1. The minimum Gasteiger partial charge on any atom is -0.495 e. The maximum Gasteiger partial charge on any atom is 0.414 e. The minimum atomic E-state index is -1.14. The van der Waals surface area contributed by atoms with Gasteiger partial charge in [-0.15, -0.1) is 0 Å². The summed E-state index contributed by atoms with van der Waals surface area (Å²) in [5, 5.41) is 21.9. The summed E-state index contributed by atoms with van der Waals surface area (Å²) in [6.07, 6.45) is -0.499. The van der Waals surface area contributed by atoms with Crippen molar-refractivity contribution in [2.75, 3.05) is 32.6 Å². The van der Waals surface area contributed by atoms with Crippen LogP contribution in [0.2, 0.25) is 0 Å². The number of nitrogens with one attached hydrogen (secondary N) is 4. The number of methoxy groups -OCH3 is 1. The summed E-state index contributed by atoms with van der Waals surface area (Å²) < 4.78 is 25.3. The smallest absolute Gasteiger partial charge is 0.414 e. The third-order valence-electron chi connectivity index (χ3n) is 4.92. The van der Waals surface area contributed by atoms with Crippen LogP contribution in [-0.2, 0) is 4.74 Å². The van der Waals surface area contributed by atoms with Crippen LogP contribution in [0.5, 0.6) is 5.75 Å². The molecule has 1 aromatic heterocycles. The molecule has 12 heteroatoms. The Morgan fingerprint density at radius 3 is 2.51 bits per heavy atom. The molecule has 5 N–H and O–H groups in total. The number of ether oxygens (including phenoxy) is 2. The summed E-state index contributed by atoms with van der Waals surface area (Å²) in [5.74, 6) is -0.690. The summed E-state index contributed by atoms with van der Waals surface area (Å²) in [6.45, 7) is 7.68. The van der Waals surface area contributed by atoms with Crippen molar-refractivity contribution in [3.8, 4) is 5.75 Å². The average Bonchev–Trinajstić information content (AvgIpc) is 2.85. The van der Waals surface area contributed by atoms with Crippen LogP contribution in [0.4, 0.5) is 14.9 Å². The molecule has 2 aromatic rings. The van der Waals surface area contributed by atoms with Gasteiger partial charge in [-0.3, -0.25) is 15.1 Å². The third-order valence-corrected chi connectivity index (χ3v) is 4.92. The fourth-order valence-electron chi connectivity index (χ4n) is 3.19. The lowest BCUT2D eigenvalue weighted by Gasteiger charge is -2.28. The number of benzene rings is 1. The Morgan fingerprint density at radius 1 is 1.22 bits per heavy atom. The van der Waals surface area contributed by atoms with Gasteiger partial charge in [0, 0.05) is 24.8 Å². The number of nitrogens with zero attached hydrogens (tertiary/aromatic N) is 2. The summed E-state index contributed by atoms with van der Waals surface area (Å²) in [7, 11) is 2.91. The molecular formula is C25H35FN6O5. The maximum absolute atomic E-state index is 15.0. The molecule has 0 spiro atoms. The van der Waals surface area contributed by atoms with E-state index in [2.05, 4.69) is 31.2 Å². The number of halogens is 1. The summed E-state index contributed by atoms with van der Waals surface area (Å²) in [4.78, 5) is 32.9. The summed E-state index contributed by atoms with van der Waals surface area (Å²) in [6, 6.07) is 5.99. The van der Waals surface area contributed by atoms with Gasteiger partial charge in [0.2, 0.25) is 5.96 Å². The molecule has 11 nitrogen and oxygen atoms in total. The number of hydrogen-bond donors (Lipinski definition) is 5. The lowest BCUT2D eigenvalue weighted by atomic mass is 9.99. The van der Waals surface area contributed by atoms with E-state index in [0.29, 0.717) is 12.3 Å². The number of pyridine rings is 1. The number of amides is 2. The number of hydrogen-bond acceptors (Lipinski definition) is 8. The first kappa shape index (κ1) is 29.5. The second-order valence-electron chi connectivity index (χ2n) is 8.97. The lowest BCUT2D eigenvalue weighted by Crippen LogP contribution is -2.49. The van der Waals surface area contributed by atoms with Crippen LogP contribution in [-0.4, -0.2) is 67.0 Å². The molecule has 0 bridgehead atoms. The highest BCUT2D eigenvalue weighted by Crippen LogP contribution is 2.25. The van der Waals surface area contributed by atoms with E-state index in [1.807, 2.05) is 6.92 Å². The molecule has 0 radical (unpaired) electrons. The molecule has 1 aromatic carbocycles. The number of likely N-dealkylation sites (N-methyl/N-ethyl adjacent to an activating group) is 1. The molecule has 0 aliphatic rings. The molecule has 2 unspecified atom stereocenters. The van der Waals surface area contributed by atoms with Gasteiger partial charge in [0.05, 0.1) is 25.5 Å². The molecule has 37 heavy (non-hydrogen) atoms. The molecular weight excluding hydrogens is 483 g/mol.